The lowest BCUT2D eigenvalue weighted by atomic mass is 9.86. The Morgan fingerprint density at radius 1 is 1.15 bits per heavy atom. The molecular weight excluding hydrogens is 348 g/mol. The summed E-state index contributed by atoms with van der Waals surface area (Å²) in [5.74, 6) is -1.16. The second kappa shape index (κ2) is 8.11. The molecule has 0 saturated heterocycles. The number of aliphatic carboxylic acids is 1. The summed E-state index contributed by atoms with van der Waals surface area (Å²) >= 11 is 0. The smallest absolute Gasteiger partial charge is 0.319 e. The number of benzene rings is 1. The van der Waals surface area contributed by atoms with E-state index in [0.717, 1.165) is 10.9 Å². The summed E-state index contributed by atoms with van der Waals surface area (Å²) in [5, 5.41) is 18.3. The lowest BCUT2D eigenvalue weighted by molar-refractivity contribution is -0.142. The molecule has 1 aliphatic rings. The summed E-state index contributed by atoms with van der Waals surface area (Å²) in [6, 6.07) is 7.14. The van der Waals surface area contributed by atoms with Crippen molar-refractivity contribution >= 4 is 34.5 Å². The first kappa shape index (κ1) is 18.8. The van der Waals surface area contributed by atoms with Gasteiger partial charge in [-0.25, -0.2) is 4.79 Å². The highest BCUT2D eigenvalue weighted by Crippen LogP contribution is 2.25. The molecule has 1 aromatic heterocycles. The maximum Gasteiger partial charge on any atom is 0.319 e. The van der Waals surface area contributed by atoms with E-state index in [1.165, 1.54) is 0 Å². The number of carboxylic acids is 1. The first-order valence-corrected chi connectivity index (χ1v) is 9.06. The summed E-state index contributed by atoms with van der Waals surface area (Å²) in [6.45, 7) is 0.211. The summed E-state index contributed by atoms with van der Waals surface area (Å²) in [6.07, 6.45) is 4.33. The topological polar surface area (TPSA) is 112 Å². The fourth-order valence-electron chi connectivity index (χ4n) is 3.47. The van der Waals surface area contributed by atoms with Crippen LogP contribution in [-0.2, 0) is 16.1 Å². The Bertz CT molecular complexity index is 853. The van der Waals surface area contributed by atoms with E-state index >= 15 is 0 Å². The van der Waals surface area contributed by atoms with Crippen LogP contribution in [0.4, 0.5) is 10.5 Å². The number of nitrogens with zero attached hydrogens (tertiary/aromatic N) is 1. The number of fused-ring (bicyclic) bond motifs is 1. The second-order valence-corrected chi connectivity index (χ2v) is 6.88. The van der Waals surface area contributed by atoms with Gasteiger partial charge < -0.3 is 25.6 Å². The zero-order valence-corrected chi connectivity index (χ0v) is 15.2. The molecule has 8 heteroatoms. The van der Waals surface area contributed by atoms with Crippen LogP contribution in [0.15, 0.2) is 30.5 Å². The molecule has 4 N–H and O–H groups in total. The van der Waals surface area contributed by atoms with Crippen LogP contribution >= 0.6 is 0 Å². The number of aromatic nitrogens is 1. The van der Waals surface area contributed by atoms with Gasteiger partial charge in [0.1, 0.15) is 6.54 Å². The van der Waals surface area contributed by atoms with Crippen LogP contribution in [0, 0.1) is 5.92 Å². The fourth-order valence-corrected chi connectivity index (χ4v) is 3.47. The van der Waals surface area contributed by atoms with Crippen LogP contribution < -0.4 is 16.0 Å². The number of amides is 3. The van der Waals surface area contributed by atoms with Crippen LogP contribution in [0.5, 0.6) is 0 Å². The quantitative estimate of drug-likeness (QED) is 0.644. The van der Waals surface area contributed by atoms with Crippen molar-refractivity contribution in [3.8, 4) is 0 Å². The number of likely N-dealkylation sites (N-methyl/N-ethyl adjacent to an activating group) is 1. The molecule has 1 aliphatic carbocycles. The molecule has 8 nitrogen and oxygen atoms in total. The molecule has 0 bridgehead atoms. The third kappa shape index (κ3) is 4.58. The van der Waals surface area contributed by atoms with Crippen molar-refractivity contribution in [3.63, 3.8) is 0 Å². The Labute approximate surface area is 156 Å². The number of hydrogen-bond acceptors (Lipinski definition) is 3. The van der Waals surface area contributed by atoms with Gasteiger partial charge in [0.2, 0.25) is 5.91 Å². The number of urea groups is 1. The Morgan fingerprint density at radius 2 is 1.89 bits per heavy atom. The van der Waals surface area contributed by atoms with Crippen molar-refractivity contribution in [2.45, 2.75) is 38.3 Å². The summed E-state index contributed by atoms with van der Waals surface area (Å²) in [5.41, 5.74) is 1.49. The minimum Gasteiger partial charge on any atom is -0.481 e. The third-order valence-corrected chi connectivity index (χ3v) is 5.04. The molecular formula is C19H24N4O4. The Balaban J connectivity index is 1.61. The Morgan fingerprint density at radius 3 is 2.56 bits per heavy atom. The summed E-state index contributed by atoms with van der Waals surface area (Å²) < 4.78 is 1.82. The molecule has 0 radical (unpaired) electrons. The highest BCUT2D eigenvalue weighted by Gasteiger charge is 2.26. The van der Waals surface area contributed by atoms with E-state index < -0.39 is 5.97 Å². The van der Waals surface area contributed by atoms with Crippen LogP contribution in [0.2, 0.25) is 0 Å². The molecule has 1 aromatic carbocycles. The van der Waals surface area contributed by atoms with Gasteiger partial charge in [0.15, 0.2) is 0 Å². The van der Waals surface area contributed by atoms with Gasteiger partial charge >= 0.3 is 12.0 Å². The monoisotopic (exact) mass is 372 g/mol. The van der Waals surface area contributed by atoms with Crippen LogP contribution in [0.3, 0.4) is 0 Å². The lowest BCUT2D eigenvalue weighted by Gasteiger charge is -2.26. The van der Waals surface area contributed by atoms with E-state index in [0.29, 0.717) is 31.4 Å². The predicted molar refractivity (Wildman–Crippen MR) is 102 cm³/mol. The van der Waals surface area contributed by atoms with Gasteiger partial charge in [0, 0.05) is 25.0 Å². The van der Waals surface area contributed by atoms with E-state index in [1.807, 2.05) is 35.0 Å². The molecule has 0 spiro atoms. The number of carbonyl (C=O) groups is 3. The van der Waals surface area contributed by atoms with E-state index in [2.05, 4.69) is 16.0 Å². The molecule has 1 heterocycles. The van der Waals surface area contributed by atoms with Crippen LogP contribution in [-0.4, -0.2) is 40.7 Å². The minimum atomic E-state index is -0.758. The third-order valence-electron chi connectivity index (χ3n) is 5.04. The van der Waals surface area contributed by atoms with Gasteiger partial charge in [-0.1, -0.05) is 6.07 Å². The normalized spacial score (nSPS) is 19.4. The van der Waals surface area contributed by atoms with Crippen LogP contribution in [0.1, 0.15) is 25.7 Å². The number of carboxylic acid groups (broad SMARTS) is 1. The number of hydrogen-bond donors (Lipinski definition) is 4. The zero-order chi connectivity index (χ0) is 19.4. The Kier molecular flexibility index (Phi) is 5.63. The van der Waals surface area contributed by atoms with E-state index in [1.54, 1.807) is 7.05 Å². The number of nitrogens with one attached hydrogen (secondary N) is 3. The zero-order valence-electron chi connectivity index (χ0n) is 15.2. The molecule has 2 aromatic rings. The predicted octanol–water partition coefficient (Wildman–Crippen LogP) is 2.15. The average Bonchev–Trinajstić information content (AvgIpc) is 3.04. The van der Waals surface area contributed by atoms with Crippen molar-refractivity contribution in [1.82, 2.24) is 15.2 Å². The van der Waals surface area contributed by atoms with E-state index in [9.17, 15) is 14.4 Å². The van der Waals surface area contributed by atoms with Crippen molar-refractivity contribution in [3.05, 3.63) is 30.5 Å². The molecule has 3 amide bonds. The first-order chi connectivity index (χ1) is 13.0. The minimum absolute atomic E-state index is 0.0126. The largest absolute Gasteiger partial charge is 0.481 e. The summed E-state index contributed by atoms with van der Waals surface area (Å²) in [7, 11) is 1.59. The number of anilines is 1. The lowest BCUT2D eigenvalue weighted by Crippen LogP contribution is -2.40. The molecule has 1 fully saturated rings. The fraction of sp³-hybridized carbons (Fsp3) is 0.421. The Hall–Kier alpha value is -3.03. The van der Waals surface area contributed by atoms with Crippen molar-refractivity contribution < 1.29 is 19.5 Å². The van der Waals surface area contributed by atoms with Gasteiger partial charge in [-0.3, -0.25) is 9.59 Å². The van der Waals surface area contributed by atoms with Gasteiger partial charge in [0.05, 0.1) is 11.4 Å². The van der Waals surface area contributed by atoms with Crippen molar-refractivity contribution in [1.29, 1.82) is 0 Å². The number of rotatable bonds is 5. The average molecular weight is 372 g/mol. The van der Waals surface area contributed by atoms with Gasteiger partial charge in [-0.05, 0) is 49.3 Å². The maximum absolute atomic E-state index is 12.3. The molecule has 27 heavy (non-hydrogen) atoms. The van der Waals surface area contributed by atoms with Crippen LogP contribution in [0.25, 0.3) is 10.9 Å². The molecule has 0 unspecified atom stereocenters. The van der Waals surface area contributed by atoms with E-state index in [-0.39, 0.29) is 30.4 Å². The van der Waals surface area contributed by atoms with Crippen molar-refractivity contribution in [2.24, 2.45) is 5.92 Å². The maximum atomic E-state index is 12.3. The second-order valence-electron chi connectivity index (χ2n) is 6.88. The molecule has 144 valence electrons. The highest BCUT2D eigenvalue weighted by molar-refractivity contribution is 5.93. The molecule has 0 aliphatic heterocycles. The highest BCUT2D eigenvalue weighted by atomic mass is 16.4. The van der Waals surface area contributed by atoms with Gasteiger partial charge in [-0.2, -0.15) is 0 Å². The molecule has 1 saturated carbocycles. The summed E-state index contributed by atoms with van der Waals surface area (Å²) in [4.78, 5) is 34.9. The number of carbonyl (C=O) groups excluding carboxylic acids is 2. The standard InChI is InChI=1S/C19H24N4O4/c1-20-17(24)11-23-9-8-12-2-7-15(10-16(12)23)22-19(27)21-14-5-3-13(4-6-14)18(25)26/h2,7-10,13-14H,3-6,11H2,1H3,(H,20,24)(H,25,26)(H2,21,22,27). The van der Waals surface area contributed by atoms with E-state index in [4.69, 9.17) is 5.11 Å². The van der Waals surface area contributed by atoms with Gasteiger partial charge in [-0.15, -0.1) is 0 Å². The molecule has 0 atom stereocenters. The SMILES string of the molecule is CNC(=O)Cn1ccc2ccc(NC(=O)NC3CCC(C(=O)O)CC3)cc21. The first-order valence-electron chi connectivity index (χ1n) is 9.06. The van der Waals surface area contributed by atoms with Gasteiger partial charge in [0.25, 0.3) is 0 Å². The molecule has 3 rings (SSSR count). The van der Waals surface area contributed by atoms with Crippen molar-refractivity contribution in [2.75, 3.05) is 12.4 Å².